The SMILES string of the molecule is CC(N)/C=C/c1ccc2ccccc2n1. The molecule has 0 bridgehead atoms. The molecule has 0 aliphatic heterocycles. The van der Waals surface area contributed by atoms with Crippen LogP contribution in [0.25, 0.3) is 17.0 Å². The molecular formula is C13H14N2. The van der Waals surface area contributed by atoms with E-state index in [2.05, 4.69) is 17.1 Å². The van der Waals surface area contributed by atoms with Crippen molar-refractivity contribution in [2.45, 2.75) is 13.0 Å². The number of fused-ring (bicyclic) bond motifs is 1. The van der Waals surface area contributed by atoms with Gasteiger partial charge in [0.05, 0.1) is 11.2 Å². The number of benzene rings is 1. The van der Waals surface area contributed by atoms with Crippen LogP contribution in [0.3, 0.4) is 0 Å². The van der Waals surface area contributed by atoms with Crippen molar-refractivity contribution in [1.82, 2.24) is 4.98 Å². The lowest BCUT2D eigenvalue weighted by atomic mass is 10.2. The molecule has 0 saturated carbocycles. The van der Waals surface area contributed by atoms with Gasteiger partial charge < -0.3 is 5.73 Å². The van der Waals surface area contributed by atoms with Gasteiger partial charge in [0.25, 0.3) is 0 Å². The van der Waals surface area contributed by atoms with E-state index in [1.807, 2.05) is 43.3 Å². The zero-order valence-corrected chi connectivity index (χ0v) is 8.72. The summed E-state index contributed by atoms with van der Waals surface area (Å²) in [4.78, 5) is 4.50. The Labute approximate surface area is 89.4 Å². The Morgan fingerprint density at radius 3 is 2.80 bits per heavy atom. The van der Waals surface area contributed by atoms with Gasteiger partial charge in [-0.05, 0) is 25.1 Å². The van der Waals surface area contributed by atoms with E-state index in [9.17, 15) is 0 Å². The number of aromatic nitrogens is 1. The molecule has 2 rings (SSSR count). The zero-order valence-electron chi connectivity index (χ0n) is 8.72. The topological polar surface area (TPSA) is 38.9 Å². The molecular weight excluding hydrogens is 184 g/mol. The van der Waals surface area contributed by atoms with Gasteiger partial charge in [-0.15, -0.1) is 0 Å². The van der Waals surface area contributed by atoms with Gasteiger partial charge in [-0.1, -0.05) is 30.3 Å². The van der Waals surface area contributed by atoms with E-state index >= 15 is 0 Å². The summed E-state index contributed by atoms with van der Waals surface area (Å²) in [7, 11) is 0. The molecule has 2 aromatic rings. The van der Waals surface area contributed by atoms with E-state index in [1.54, 1.807) is 0 Å². The number of nitrogens with zero attached hydrogens (tertiary/aromatic N) is 1. The van der Waals surface area contributed by atoms with Crippen LogP contribution in [0.1, 0.15) is 12.6 Å². The maximum Gasteiger partial charge on any atom is 0.0709 e. The fourth-order valence-electron chi connectivity index (χ4n) is 1.42. The standard InChI is InChI=1S/C13H14N2/c1-10(14)6-8-12-9-7-11-4-2-3-5-13(11)15-12/h2-10H,14H2,1H3/b8-6+. The van der Waals surface area contributed by atoms with Gasteiger partial charge in [0, 0.05) is 11.4 Å². The quantitative estimate of drug-likeness (QED) is 0.805. The van der Waals surface area contributed by atoms with E-state index < -0.39 is 0 Å². The first-order chi connectivity index (χ1) is 7.25. The monoisotopic (exact) mass is 198 g/mol. The van der Waals surface area contributed by atoms with E-state index in [0.717, 1.165) is 16.6 Å². The van der Waals surface area contributed by atoms with Gasteiger partial charge in [0.15, 0.2) is 0 Å². The number of hydrogen-bond donors (Lipinski definition) is 1. The summed E-state index contributed by atoms with van der Waals surface area (Å²) < 4.78 is 0. The second kappa shape index (κ2) is 4.24. The minimum atomic E-state index is 0.0678. The molecule has 0 aliphatic rings. The molecule has 0 spiro atoms. The average Bonchev–Trinajstić information content (AvgIpc) is 2.26. The highest BCUT2D eigenvalue weighted by Crippen LogP contribution is 2.12. The van der Waals surface area contributed by atoms with Gasteiger partial charge in [0.2, 0.25) is 0 Å². The lowest BCUT2D eigenvalue weighted by molar-refractivity contribution is 0.930. The van der Waals surface area contributed by atoms with Gasteiger partial charge in [-0.25, -0.2) is 4.98 Å². The summed E-state index contributed by atoms with van der Waals surface area (Å²) in [5.74, 6) is 0. The van der Waals surface area contributed by atoms with Crippen molar-refractivity contribution < 1.29 is 0 Å². The third kappa shape index (κ3) is 2.42. The summed E-state index contributed by atoms with van der Waals surface area (Å²) in [6.45, 7) is 1.94. The van der Waals surface area contributed by atoms with E-state index in [-0.39, 0.29) is 6.04 Å². The molecule has 2 N–H and O–H groups in total. The lowest BCUT2D eigenvalue weighted by Gasteiger charge is -1.99. The van der Waals surface area contributed by atoms with Crippen LogP contribution in [0.15, 0.2) is 42.5 Å². The zero-order chi connectivity index (χ0) is 10.7. The summed E-state index contributed by atoms with van der Waals surface area (Å²) in [6.07, 6.45) is 3.90. The molecule has 1 unspecified atom stereocenters. The lowest BCUT2D eigenvalue weighted by Crippen LogP contribution is -2.09. The average molecular weight is 198 g/mol. The first kappa shape index (κ1) is 9.87. The fraction of sp³-hybridized carbons (Fsp3) is 0.154. The predicted octanol–water partition coefficient (Wildman–Crippen LogP) is 2.60. The summed E-state index contributed by atoms with van der Waals surface area (Å²) in [5, 5.41) is 1.16. The largest absolute Gasteiger partial charge is 0.325 e. The smallest absolute Gasteiger partial charge is 0.0709 e. The Hall–Kier alpha value is -1.67. The molecule has 1 aromatic heterocycles. The third-order valence-electron chi connectivity index (χ3n) is 2.19. The highest BCUT2D eigenvalue weighted by Gasteiger charge is 1.94. The molecule has 0 radical (unpaired) electrons. The number of pyridine rings is 1. The molecule has 0 fully saturated rings. The third-order valence-corrected chi connectivity index (χ3v) is 2.19. The Morgan fingerprint density at radius 2 is 2.00 bits per heavy atom. The van der Waals surface area contributed by atoms with Crippen LogP contribution in [0.2, 0.25) is 0 Å². The van der Waals surface area contributed by atoms with Gasteiger partial charge in [-0.3, -0.25) is 0 Å². The summed E-state index contributed by atoms with van der Waals surface area (Å²) in [5.41, 5.74) is 7.61. The molecule has 0 saturated heterocycles. The number of rotatable bonds is 2. The minimum Gasteiger partial charge on any atom is -0.325 e. The van der Waals surface area contributed by atoms with Crippen LogP contribution in [-0.4, -0.2) is 11.0 Å². The molecule has 1 aromatic carbocycles. The molecule has 76 valence electrons. The number of para-hydroxylation sites is 1. The highest BCUT2D eigenvalue weighted by molar-refractivity contribution is 5.79. The van der Waals surface area contributed by atoms with Crippen LogP contribution >= 0.6 is 0 Å². The van der Waals surface area contributed by atoms with Gasteiger partial charge >= 0.3 is 0 Å². The van der Waals surface area contributed by atoms with E-state index in [0.29, 0.717) is 0 Å². The van der Waals surface area contributed by atoms with E-state index in [1.165, 1.54) is 0 Å². The Morgan fingerprint density at radius 1 is 1.20 bits per heavy atom. The molecule has 1 atom stereocenters. The minimum absolute atomic E-state index is 0.0678. The molecule has 1 heterocycles. The second-order valence-electron chi connectivity index (χ2n) is 3.65. The second-order valence-corrected chi connectivity index (χ2v) is 3.65. The number of hydrogen-bond acceptors (Lipinski definition) is 2. The molecule has 0 amide bonds. The number of nitrogens with two attached hydrogens (primary N) is 1. The van der Waals surface area contributed by atoms with Gasteiger partial charge in [-0.2, -0.15) is 0 Å². The molecule has 2 nitrogen and oxygen atoms in total. The van der Waals surface area contributed by atoms with Crippen molar-refractivity contribution in [3.63, 3.8) is 0 Å². The van der Waals surface area contributed by atoms with Crippen molar-refractivity contribution in [1.29, 1.82) is 0 Å². The fourth-order valence-corrected chi connectivity index (χ4v) is 1.42. The van der Waals surface area contributed by atoms with Crippen LogP contribution in [-0.2, 0) is 0 Å². The van der Waals surface area contributed by atoms with E-state index in [4.69, 9.17) is 5.73 Å². The maximum atomic E-state index is 5.64. The Kier molecular flexibility index (Phi) is 2.79. The molecule has 15 heavy (non-hydrogen) atoms. The van der Waals surface area contributed by atoms with Crippen LogP contribution < -0.4 is 5.73 Å². The summed E-state index contributed by atoms with van der Waals surface area (Å²) >= 11 is 0. The Balaban J connectivity index is 2.39. The van der Waals surface area contributed by atoms with Crippen molar-refractivity contribution in [3.8, 4) is 0 Å². The first-order valence-corrected chi connectivity index (χ1v) is 5.05. The summed E-state index contributed by atoms with van der Waals surface area (Å²) in [6, 6.07) is 12.2. The van der Waals surface area contributed by atoms with Crippen molar-refractivity contribution in [2.24, 2.45) is 5.73 Å². The Bertz CT molecular complexity index is 487. The van der Waals surface area contributed by atoms with Crippen molar-refractivity contribution in [3.05, 3.63) is 48.2 Å². The maximum absolute atomic E-state index is 5.64. The molecule has 0 aliphatic carbocycles. The molecule has 2 heteroatoms. The predicted molar refractivity (Wildman–Crippen MR) is 64.4 cm³/mol. The first-order valence-electron chi connectivity index (χ1n) is 5.05. The van der Waals surface area contributed by atoms with Crippen LogP contribution in [0.5, 0.6) is 0 Å². The van der Waals surface area contributed by atoms with Crippen LogP contribution in [0, 0.1) is 0 Å². The van der Waals surface area contributed by atoms with Crippen molar-refractivity contribution in [2.75, 3.05) is 0 Å². The normalized spacial score (nSPS) is 13.5. The highest BCUT2D eigenvalue weighted by atomic mass is 14.7. The van der Waals surface area contributed by atoms with Crippen LogP contribution in [0.4, 0.5) is 0 Å². The van der Waals surface area contributed by atoms with Crippen molar-refractivity contribution >= 4 is 17.0 Å². The van der Waals surface area contributed by atoms with Gasteiger partial charge in [0.1, 0.15) is 0 Å².